The predicted octanol–water partition coefficient (Wildman–Crippen LogP) is -2.41. The fourth-order valence-corrected chi connectivity index (χ4v) is 19.3. The molecule has 98 heavy (non-hydrogen) atoms. The topological polar surface area (TPSA) is 515 Å². The summed E-state index contributed by atoms with van der Waals surface area (Å²) < 4.78 is 141. The van der Waals surface area contributed by atoms with Gasteiger partial charge in [-0.2, -0.15) is 4.98 Å². The molecule has 0 bridgehead atoms. The average molecular weight is 1550 g/mol. The van der Waals surface area contributed by atoms with Gasteiger partial charge in [0.1, 0.15) is 135 Å². The van der Waals surface area contributed by atoms with Crippen LogP contribution in [0.3, 0.4) is 0 Å². The van der Waals surface area contributed by atoms with Gasteiger partial charge in [-0.25, -0.2) is 21.6 Å². The van der Waals surface area contributed by atoms with Gasteiger partial charge < -0.3 is 129 Å². The maximum absolute atomic E-state index is 13.4. The maximum Gasteiger partial charge on any atom is 0.280 e. The van der Waals surface area contributed by atoms with Gasteiger partial charge in [0.2, 0.25) is 13.5 Å². The number of rotatable bonds is 2. The number of nitrogen functional groups attached to an aromatic ring is 1. The normalized spacial score (nSPS) is 47.2. The molecule has 9 saturated heterocycles. The number of hydrogen-bond acceptors (Lipinski definition) is 38. The van der Waals surface area contributed by atoms with Gasteiger partial charge in [-0.05, 0) is 70.0 Å². The van der Waals surface area contributed by atoms with Crippen molar-refractivity contribution in [1.82, 2.24) is 39.0 Å². The van der Waals surface area contributed by atoms with Crippen molar-refractivity contribution in [2.45, 2.75) is 181 Å². The average Bonchev–Trinajstić information content (AvgIpc) is 1.61. The van der Waals surface area contributed by atoms with Crippen LogP contribution in [0.25, 0.3) is 22.3 Å². The Hall–Kier alpha value is -1.60. The highest BCUT2D eigenvalue weighted by atomic mass is 32.5. The number of ether oxygens (including phenoxy) is 6. The zero-order chi connectivity index (χ0) is 71.3. The minimum absolute atomic E-state index is 0.0259. The summed E-state index contributed by atoms with van der Waals surface area (Å²) in [6.07, 6.45) is -32.7. The molecule has 9 aliphatic rings. The lowest BCUT2D eigenvalue weighted by atomic mass is 10.1. The van der Waals surface area contributed by atoms with Gasteiger partial charge in [-0.15, -0.1) is 0 Å². The summed E-state index contributed by atoms with van der Waals surface area (Å²) in [4.78, 5) is 58.5. The van der Waals surface area contributed by atoms with Crippen LogP contribution in [0.15, 0.2) is 22.2 Å². The second-order valence-corrected chi connectivity index (χ2v) is 37.6. The van der Waals surface area contributed by atoms with Gasteiger partial charge in [-0.3, -0.25) is 37.4 Å². The number of phosphoric acid groups is 1. The smallest absolute Gasteiger partial charge is 0.280 e. The summed E-state index contributed by atoms with van der Waals surface area (Å²) in [5, 5.41) is 63.4. The molecule has 12 unspecified atom stereocenters. The van der Waals surface area contributed by atoms with Crippen molar-refractivity contribution in [3.05, 3.63) is 45.9 Å². The van der Waals surface area contributed by atoms with Gasteiger partial charge in [0.25, 0.3) is 26.4 Å². The minimum atomic E-state index is -5.28. The highest BCUT2D eigenvalue weighted by Crippen LogP contribution is 2.57. The Balaban J connectivity index is 0.000000160. The van der Waals surface area contributed by atoms with E-state index in [0.717, 1.165) is 17.2 Å². The van der Waals surface area contributed by atoms with E-state index in [1.807, 2.05) is 0 Å². The van der Waals surface area contributed by atoms with Crippen LogP contribution in [0.4, 0.5) is 5.95 Å². The number of nitrogens with one attached hydrogen (secondary N) is 2. The van der Waals surface area contributed by atoms with Crippen LogP contribution in [0.5, 0.6) is 0 Å². The van der Waals surface area contributed by atoms with Crippen molar-refractivity contribution in [3.8, 4) is 0 Å². The zero-order valence-corrected chi connectivity index (χ0v) is 59.7. The number of aromatic amines is 2. The van der Waals surface area contributed by atoms with Crippen molar-refractivity contribution in [3.63, 3.8) is 0 Å². The van der Waals surface area contributed by atoms with E-state index in [0.29, 0.717) is 0 Å². The van der Waals surface area contributed by atoms with Crippen LogP contribution in [0.2, 0.25) is 0 Å². The first kappa shape index (κ1) is 77.5. The van der Waals surface area contributed by atoms with Crippen LogP contribution in [-0.4, -0.2) is 274 Å². The SMILES string of the molecule is [B]P1(=O)OC[C@H]2O[C@@H](C)C(O)[C@H]2OP([B])(=S)OC[C@H]2O[C@@H](C)C(O)[C@H]2O1.[B]P1(=S)OC[C@H]2O[C@@H](C)C(O)[C@H]2OP([B])(=S)OC[C@H]2O[C@@H](C)C(O)[C@H]2O1.[CH2-]P1(=O)OC[C@H]2O[C@@H](n3cnc4c(=O)[nH]c(C)nc43)C(O)[C@H]2OP(=O)([O-])OC[C@H]2O[C@@H](n3cnc4c(=O)[nH]c(N)nc43)C(O)[C@H]2O1. The third kappa shape index (κ3) is 17.3. The Morgan fingerprint density at radius 2 is 0.847 bits per heavy atom. The number of aromatic nitrogens is 8. The predicted molar refractivity (Wildman–Crippen MR) is 346 cm³/mol. The first-order valence-electron chi connectivity index (χ1n) is 29.6. The second kappa shape index (κ2) is 30.0. The van der Waals surface area contributed by atoms with Gasteiger partial charge in [0, 0.05) is 0 Å². The molecule has 9 fully saturated rings. The molecule has 52 heteroatoms. The van der Waals surface area contributed by atoms with E-state index >= 15 is 0 Å². The fourth-order valence-electron chi connectivity index (χ4n) is 11.8. The Morgan fingerprint density at radius 1 is 0.510 bits per heavy atom. The molecule has 0 aromatic carbocycles. The Morgan fingerprint density at radius 3 is 1.28 bits per heavy atom. The molecule has 10 N–H and O–H groups in total. The summed E-state index contributed by atoms with van der Waals surface area (Å²) in [7, 11) is 9.92. The third-order valence-electron chi connectivity index (χ3n) is 16.6. The molecular weight excluding hydrogens is 1480 g/mol. The Bertz CT molecular complexity index is 3660. The van der Waals surface area contributed by atoms with E-state index in [2.05, 4.69) is 36.6 Å². The Kier molecular flexibility index (Phi) is 23.7. The zero-order valence-electron chi connectivity index (χ0n) is 51.9. The molecule has 13 rings (SSSR count). The van der Waals surface area contributed by atoms with Gasteiger partial charge in [0.15, 0.2) is 65.1 Å². The van der Waals surface area contributed by atoms with Crippen LogP contribution in [0.1, 0.15) is 46.0 Å². The van der Waals surface area contributed by atoms with Crippen LogP contribution in [0, 0.1) is 13.6 Å². The first-order chi connectivity index (χ1) is 45.7. The first-order valence-corrected chi connectivity index (χ1v) is 42.6. The van der Waals surface area contributed by atoms with Crippen molar-refractivity contribution in [2.75, 3.05) is 45.4 Å². The number of H-pyrrole nitrogens is 2. The number of nitrogens with two attached hydrogens (primary N) is 1. The maximum atomic E-state index is 13.4. The third-order valence-corrected chi connectivity index (χ3v) is 24.6. The molecule has 13 heterocycles. The summed E-state index contributed by atoms with van der Waals surface area (Å²) in [6.45, 7) is 9.46. The molecule has 9 aliphatic heterocycles. The van der Waals surface area contributed by atoms with E-state index < -0.39 is 213 Å². The van der Waals surface area contributed by atoms with E-state index in [4.69, 9.17) is 154 Å². The number of aliphatic hydroxyl groups is 6. The summed E-state index contributed by atoms with van der Waals surface area (Å²) in [6, 6.07) is 0. The van der Waals surface area contributed by atoms with Crippen LogP contribution in [-0.2, 0) is 132 Å². The molecule has 536 valence electrons. The number of hydrogen-bond donors (Lipinski definition) is 9. The molecule has 4 aromatic heterocycles. The summed E-state index contributed by atoms with van der Waals surface area (Å²) in [5.74, 6) is -0.0192. The monoisotopic (exact) mass is 1550 g/mol. The number of fused-ring (bicyclic) bond motifs is 8. The lowest BCUT2D eigenvalue weighted by molar-refractivity contribution is -0.236. The van der Waals surface area contributed by atoms with Gasteiger partial charge >= 0.3 is 0 Å². The highest BCUT2D eigenvalue weighted by molar-refractivity contribution is 8.22. The van der Waals surface area contributed by atoms with E-state index in [1.54, 1.807) is 27.7 Å². The van der Waals surface area contributed by atoms with Crippen molar-refractivity contribution >= 4 is 136 Å². The number of aliphatic hydroxyl groups excluding tert-OH is 6. The summed E-state index contributed by atoms with van der Waals surface area (Å²) in [5.41, 5.74) is 4.16. The van der Waals surface area contributed by atoms with E-state index in [-0.39, 0.29) is 60.5 Å². The summed E-state index contributed by atoms with van der Waals surface area (Å²) >= 11 is 15.7. The molecule has 8 radical (unpaired) electrons. The molecule has 4 aromatic rings. The highest BCUT2D eigenvalue weighted by Gasteiger charge is 2.54. The van der Waals surface area contributed by atoms with Crippen LogP contribution >= 0.6 is 42.0 Å². The molecular formula is C46H65B4N9O30P6S3-2. The molecule has 0 spiro atoms. The minimum Gasteiger partial charge on any atom is -0.756 e. The largest absolute Gasteiger partial charge is 0.756 e. The quantitative estimate of drug-likeness (QED) is 0.0573. The fraction of sp³-hybridized carbons (Fsp3) is 0.761. The Labute approximate surface area is 576 Å². The van der Waals surface area contributed by atoms with Gasteiger partial charge in [0.05, 0.1) is 76.7 Å². The lowest BCUT2D eigenvalue weighted by Crippen LogP contribution is -2.40. The lowest BCUT2D eigenvalue weighted by Gasteiger charge is -2.34. The van der Waals surface area contributed by atoms with Crippen molar-refractivity contribution in [2.24, 2.45) is 0 Å². The van der Waals surface area contributed by atoms with Crippen LogP contribution < -0.4 is 21.7 Å². The molecule has 0 saturated carbocycles. The van der Waals surface area contributed by atoms with Gasteiger partial charge in [-0.1, -0.05) is 0 Å². The number of phosphoric ester groups is 1. The molecule has 30 atom stereocenters. The molecule has 0 amide bonds. The molecule has 39 nitrogen and oxygen atoms in total. The second-order valence-electron chi connectivity index (χ2n) is 23.8. The molecule has 0 aliphatic carbocycles. The van der Waals surface area contributed by atoms with Crippen molar-refractivity contribution in [1.29, 1.82) is 0 Å². The van der Waals surface area contributed by atoms with Crippen molar-refractivity contribution < 1.29 is 132 Å². The van der Waals surface area contributed by atoms with E-state index in [9.17, 15) is 58.8 Å². The number of imidazole rings is 2. The number of aryl methyl sites for hydroxylation is 1. The number of anilines is 1. The van der Waals surface area contributed by atoms with E-state index in [1.165, 1.54) is 11.5 Å². The number of nitrogens with zero attached hydrogens (tertiary/aromatic N) is 6. The standard InChI is InChI=1S/C22H26N9O13P2.C12H20B2O9P2S.C12H20B2O8P2S2/c1-7-26-16-10(18(34)27-7)24-5-30(16)21-13(33)15-8(41-21)3-39-45(2,36)43-14-9(4-40-46(37,38)44-15)42-20(12(14)32)31-6-25-11-17(31)28-22(23)29-19(11)35;1-5-9(15)11-8(21-5)4-19-25(14,26)23-12-7(20-6(2)10(12)16)3-18-24(13,17)22-11;1-5-9(15)11-7(19-5)3-17-24(14,26)22-12-8(20-6(2)10(12)16)4-18-23(13,25)21-11/h5-6,8-9,12-15,20-21,32-33H,2-4H2,1H3,(H,37,38)(H,26,27,34)(H3,23,28,29,35);2*5-12,15-16H,3-4H2,1-2H3/q-1;;/p-1/t8-,9-,12?,13?,14+,15+,20-,21-,45?;5-,6-,7+,8+,9?,10?,11-,12-,24?,25?;5-,6-,7+,8+,9?,10?,11-,12-,23?,24?/m100/s1.